The van der Waals surface area contributed by atoms with Crippen molar-refractivity contribution in [3.63, 3.8) is 0 Å². The molecule has 0 nitrogen and oxygen atoms in total. The van der Waals surface area contributed by atoms with E-state index >= 15 is 0 Å². The van der Waals surface area contributed by atoms with Gasteiger partial charge in [0.05, 0.1) is 0 Å². The van der Waals surface area contributed by atoms with Gasteiger partial charge in [-0.1, -0.05) is 63.4 Å². The molecular formula is C30H33F5. The van der Waals surface area contributed by atoms with Crippen LogP contribution in [0.1, 0.15) is 105 Å². The Hall–Kier alpha value is -2.35. The van der Waals surface area contributed by atoms with E-state index < -0.39 is 23.4 Å². The topological polar surface area (TPSA) is 0 Å². The Kier molecular flexibility index (Phi) is 8.19. The molecule has 0 saturated heterocycles. The van der Waals surface area contributed by atoms with Crippen LogP contribution in [0.3, 0.4) is 0 Å². The summed E-state index contributed by atoms with van der Waals surface area (Å²) < 4.78 is 66.0. The summed E-state index contributed by atoms with van der Waals surface area (Å²) in [6, 6.07) is 7.38. The van der Waals surface area contributed by atoms with Gasteiger partial charge in [0.2, 0.25) is 0 Å². The van der Waals surface area contributed by atoms with E-state index in [9.17, 15) is 22.0 Å². The van der Waals surface area contributed by atoms with Gasteiger partial charge in [-0.05, 0) is 85.3 Å². The molecule has 0 spiro atoms. The van der Waals surface area contributed by atoms with Crippen molar-refractivity contribution in [2.75, 3.05) is 0 Å². The molecule has 5 heteroatoms. The first-order chi connectivity index (χ1) is 16.8. The molecule has 0 aliphatic heterocycles. The summed E-state index contributed by atoms with van der Waals surface area (Å²) in [5.41, 5.74) is 1.40. The number of benzene rings is 2. The van der Waals surface area contributed by atoms with Crippen LogP contribution in [0, 0.1) is 35.3 Å². The zero-order chi connectivity index (χ0) is 25.0. The second kappa shape index (κ2) is 11.1. The van der Waals surface area contributed by atoms with E-state index in [1.165, 1.54) is 75.3 Å². The van der Waals surface area contributed by atoms with Crippen molar-refractivity contribution in [2.45, 2.75) is 89.6 Å². The van der Waals surface area contributed by atoms with Crippen LogP contribution in [0.4, 0.5) is 22.0 Å². The van der Waals surface area contributed by atoms with E-state index in [4.69, 9.17) is 0 Å². The van der Waals surface area contributed by atoms with Gasteiger partial charge in [0, 0.05) is 11.1 Å². The third kappa shape index (κ3) is 6.26. The molecule has 3 unspecified atom stereocenters. The Labute approximate surface area is 205 Å². The fourth-order valence-corrected chi connectivity index (χ4v) is 6.05. The van der Waals surface area contributed by atoms with E-state index in [-0.39, 0.29) is 5.56 Å². The molecule has 0 aromatic heterocycles. The first-order valence-corrected chi connectivity index (χ1v) is 13.0. The molecular weight excluding hydrogens is 455 g/mol. The van der Waals surface area contributed by atoms with Gasteiger partial charge in [-0.25, -0.2) is 8.78 Å². The zero-order valence-electron chi connectivity index (χ0n) is 20.3. The highest BCUT2D eigenvalue weighted by molar-refractivity contribution is 5.48. The highest BCUT2D eigenvalue weighted by Crippen LogP contribution is 2.48. The van der Waals surface area contributed by atoms with Crippen molar-refractivity contribution in [1.82, 2.24) is 0 Å². The second-order valence-corrected chi connectivity index (χ2v) is 10.3. The Morgan fingerprint density at radius 2 is 1.57 bits per heavy atom. The summed E-state index contributed by atoms with van der Waals surface area (Å²) in [5.74, 6) is 4.40. The van der Waals surface area contributed by atoms with Crippen LogP contribution in [0.15, 0.2) is 30.3 Å². The normalized spacial score (nSPS) is 21.6. The van der Waals surface area contributed by atoms with E-state index in [1.54, 1.807) is 0 Å². The fourth-order valence-electron chi connectivity index (χ4n) is 6.05. The molecule has 0 bridgehead atoms. The molecule has 1 fully saturated rings. The van der Waals surface area contributed by atoms with Gasteiger partial charge < -0.3 is 0 Å². The third-order valence-corrected chi connectivity index (χ3v) is 7.81. The van der Waals surface area contributed by atoms with E-state index in [2.05, 4.69) is 24.8 Å². The molecule has 2 aromatic rings. The van der Waals surface area contributed by atoms with Crippen LogP contribution in [0.2, 0.25) is 0 Å². The van der Waals surface area contributed by atoms with E-state index in [0.717, 1.165) is 18.3 Å². The van der Waals surface area contributed by atoms with Crippen LogP contribution >= 0.6 is 0 Å². The van der Waals surface area contributed by atoms with Crippen molar-refractivity contribution >= 4 is 0 Å². The van der Waals surface area contributed by atoms with Gasteiger partial charge in [-0.15, -0.1) is 0 Å². The number of rotatable bonds is 6. The Morgan fingerprint density at radius 3 is 2.29 bits per heavy atom. The van der Waals surface area contributed by atoms with Gasteiger partial charge in [-0.2, -0.15) is 13.2 Å². The molecule has 3 atom stereocenters. The number of fused-ring (bicyclic) bond motifs is 3. The lowest BCUT2D eigenvalue weighted by Crippen LogP contribution is -2.28. The number of hydrogen-bond acceptors (Lipinski definition) is 0. The number of aryl methyl sites for hydroxylation is 1. The van der Waals surface area contributed by atoms with Crippen LogP contribution in [0.25, 0.3) is 0 Å². The molecule has 2 aliphatic carbocycles. The molecule has 0 N–H and O–H groups in total. The standard InChI is InChI=1S/C30H33F5/c1-2-3-4-5-6-7-20-10-14-25-23(16-20)12-13-24-17-21(11-15-26(24)25)8-9-22-18-27(31)29(28(32)19-22)30(33,34)35/h11,15,17-20,23,25H,2-7,10,12-14,16H2,1H3. The lowest BCUT2D eigenvalue weighted by Gasteiger charge is -2.40. The van der Waals surface area contributed by atoms with Crippen molar-refractivity contribution in [2.24, 2.45) is 11.8 Å². The van der Waals surface area contributed by atoms with Gasteiger partial charge in [0.25, 0.3) is 0 Å². The average Bonchev–Trinajstić information content (AvgIpc) is 2.81. The molecule has 4 rings (SSSR count). The summed E-state index contributed by atoms with van der Waals surface area (Å²) >= 11 is 0. The maximum Gasteiger partial charge on any atom is 0.422 e. The minimum atomic E-state index is -5.08. The van der Waals surface area contributed by atoms with Crippen LogP contribution < -0.4 is 0 Å². The van der Waals surface area contributed by atoms with Crippen molar-refractivity contribution in [3.8, 4) is 11.8 Å². The van der Waals surface area contributed by atoms with Gasteiger partial charge >= 0.3 is 6.18 Å². The van der Waals surface area contributed by atoms with Gasteiger partial charge in [0.15, 0.2) is 0 Å². The lowest BCUT2D eigenvalue weighted by molar-refractivity contribution is -0.142. The summed E-state index contributed by atoms with van der Waals surface area (Å²) in [6.07, 6.45) is 9.00. The first kappa shape index (κ1) is 25.7. The zero-order valence-corrected chi connectivity index (χ0v) is 20.3. The average molecular weight is 489 g/mol. The summed E-state index contributed by atoms with van der Waals surface area (Å²) in [6.45, 7) is 2.25. The highest BCUT2D eigenvalue weighted by Gasteiger charge is 2.38. The molecule has 1 saturated carbocycles. The van der Waals surface area contributed by atoms with Crippen molar-refractivity contribution in [1.29, 1.82) is 0 Å². The molecule has 188 valence electrons. The van der Waals surface area contributed by atoms with E-state index in [1.807, 2.05) is 12.1 Å². The lowest BCUT2D eigenvalue weighted by atomic mass is 9.64. The molecule has 2 aliphatic rings. The van der Waals surface area contributed by atoms with Crippen LogP contribution in [-0.4, -0.2) is 0 Å². The largest absolute Gasteiger partial charge is 0.422 e. The quantitative estimate of drug-likeness (QED) is 0.216. The maximum absolute atomic E-state index is 13.8. The van der Waals surface area contributed by atoms with Crippen molar-refractivity contribution in [3.05, 3.63) is 69.8 Å². The maximum atomic E-state index is 13.8. The number of alkyl halides is 3. The molecule has 2 aromatic carbocycles. The molecule has 35 heavy (non-hydrogen) atoms. The van der Waals surface area contributed by atoms with E-state index in [0.29, 0.717) is 23.6 Å². The first-order valence-electron chi connectivity index (χ1n) is 13.0. The van der Waals surface area contributed by atoms with Gasteiger partial charge in [-0.3, -0.25) is 0 Å². The number of hydrogen-bond donors (Lipinski definition) is 0. The van der Waals surface area contributed by atoms with Crippen LogP contribution in [0.5, 0.6) is 0 Å². The highest BCUT2D eigenvalue weighted by atomic mass is 19.4. The molecule has 0 amide bonds. The monoisotopic (exact) mass is 488 g/mol. The second-order valence-electron chi connectivity index (χ2n) is 10.3. The Bertz CT molecular complexity index is 1070. The smallest absolute Gasteiger partial charge is 0.206 e. The summed E-state index contributed by atoms with van der Waals surface area (Å²) in [4.78, 5) is 0. The fraction of sp³-hybridized carbons (Fsp3) is 0.533. The minimum Gasteiger partial charge on any atom is -0.206 e. The number of unbranched alkanes of at least 4 members (excludes halogenated alkanes) is 4. The van der Waals surface area contributed by atoms with Crippen LogP contribution in [-0.2, 0) is 12.6 Å². The third-order valence-electron chi connectivity index (χ3n) is 7.81. The predicted molar refractivity (Wildman–Crippen MR) is 129 cm³/mol. The molecule has 0 radical (unpaired) electrons. The Balaban J connectivity index is 1.41. The SMILES string of the molecule is CCCCCCCC1CCC2c3ccc(C#Cc4cc(F)c(C(F)(F)F)c(F)c4)cc3CCC2C1. The van der Waals surface area contributed by atoms with Crippen molar-refractivity contribution < 1.29 is 22.0 Å². The Morgan fingerprint density at radius 1 is 0.857 bits per heavy atom. The minimum absolute atomic E-state index is 0.112. The van der Waals surface area contributed by atoms with Gasteiger partial charge in [0.1, 0.15) is 17.2 Å². The predicted octanol–water partition coefficient (Wildman–Crippen LogP) is 9.19. The summed E-state index contributed by atoms with van der Waals surface area (Å²) in [5, 5.41) is 0. The molecule has 0 heterocycles. The number of halogens is 5. The summed E-state index contributed by atoms with van der Waals surface area (Å²) in [7, 11) is 0.